The third-order valence-electron chi connectivity index (χ3n) is 3.86. The fourth-order valence-corrected chi connectivity index (χ4v) is 3.44. The van der Waals surface area contributed by atoms with Gasteiger partial charge in [0.15, 0.2) is 0 Å². The Bertz CT molecular complexity index is 868. The molecule has 0 radical (unpaired) electrons. The van der Waals surface area contributed by atoms with Crippen LogP contribution >= 0.6 is 11.3 Å². The topological polar surface area (TPSA) is 60.3 Å². The molecule has 3 aromatic rings. The van der Waals surface area contributed by atoms with E-state index in [1.54, 1.807) is 22.1 Å². The van der Waals surface area contributed by atoms with Crippen molar-refractivity contribution in [3.8, 4) is 0 Å². The summed E-state index contributed by atoms with van der Waals surface area (Å²) in [6.07, 6.45) is 1.67. The van der Waals surface area contributed by atoms with Crippen molar-refractivity contribution < 1.29 is 14.3 Å². The van der Waals surface area contributed by atoms with Crippen LogP contribution in [0.15, 0.2) is 48.0 Å². The van der Waals surface area contributed by atoms with Crippen molar-refractivity contribution in [1.29, 1.82) is 0 Å². The number of nitrogens with one attached hydrogen (secondary N) is 1. The molecule has 2 heterocycles. The van der Waals surface area contributed by atoms with Gasteiger partial charge in [0.05, 0.1) is 18.7 Å². The molecule has 1 amide bonds. The summed E-state index contributed by atoms with van der Waals surface area (Å²) in [4.78, 5) is 25.4. The number of carbonyl (C=O) groups excluding carboxylic acids is 2. The average molecular weight is 342 g/mol. The van der Waals surface area contributed by atoms with Crippen LogP contribution in [0, 0.1) is 0 Å². The number of para-hydroxylation sites is 1. The third kappa shape index (κ3) is 3.19. The maximum absolute atomic E-state index is 12.4. The molecule has 0 aliphatic rings. The largest absolute Gasteiger partial charge is 0.465 e. The highest BCUT2D eigenvalue weighted by molar-refractivity contribution is 7.10. The van der Waals surface area contributed by atoms with E-state index in [1.807, 2.05) is 48.7 Å². The number of nitrogens with zero attached hydrogens (tertiary/aromatic N) is 1. The van der Waals surface area contributed by atoms with Crippen LogP contribution in [0.4, 0.5) is 0 Å². The zero-order chi connectivity index (χ0) is 17.1. The second kappa shape index (κ2) is 6.88. The Labute approximate surface area is 143 Å². The fourth-order valence-electron chi connectivity index (χ4n) is 2.70. The number of rotatable bonds is 5. The van der Waals surface area contributed by atoms with Gasteiger partial charge in [-0.25, -0.2) is 4.79 Å². The molecule has 1 atom stereocenters. The Morgan fingerprint density at radius 1 is 1.25 bits per heavy atom. The standard InChI is InChI=1S/C18H18N2O3S/c1-12(16-8-5-9-24-16)19-17(21)11-20-10-14(18(22)23-2)13-6-3-4-7-15(13)20/h3-10,12H,11H2,1-2H3,(H,19,21). The molecule has 0 bridgehead atoms. The highest BCUT2D eigenvalue weighted by Crippen LogP contribution is 2.22. The minimum Gasteiger partial charge on any atom is -0.465 e. The van der Waals surface area contributed by atoms with Crippen molar-refractivity contribution in [3.05, 3.63) is 58.4 Å². The van der Waals surface area contributed by atoms with Crippen molar-refractivity contribution in [2.75, 3.05) is 7.11 Å². The molecule has 5 nitrogen and oxygen atoms in total. The molecule has 0 aliphatic carbocycles. The second-order valence-electron chi connectivity index (χ2n) is 5.48. The van der Waals surface area contributed by atoms with Crippen LogP contribution in [0.2, 0.25) is 0 Å². The minimum absolute atomic E-state index is 0.0422. The van der Waals surface area contributed by atoms with Gasteiger partial charge in [0, 0.05) is 22.0 Å². The van der Waals surface area contributed by atoms with Gasteiger partial charge in [-0.2, -0.15) is 0 Å². The summed E-state index contributed by atoms with van der Waals surface area (Å²) in [6, 6.07) is 11.4. The molecule has 124 valence electrons. The van der Waals surface area contributed by atoms with Gasteiger partial charge < -0.3 is 14.6 Å². The summed E-state index contributed by atoms with van der Waals surface area (Å²) in [5, 5.41) is 5.75. The van der Waals surface area contributed by atoms with E-state index >= 15 is 0 Å². The predicted octanol–water partition coefficient (Wildman–Crippen LogP) is 3.37. The number of aromatic nitrogens is 1. The number of methoxy groups -OCH3 is 1. The monoisotopic (exact) mass is 342 g/mol. The van der Waals surface area contributed by atoms with Gasteiger partial charge in [-0.1, -0.05) is 24.3 Å². The van der Waals surface area contributed by atoms with Gasteiger partial charge in [0.2, 0.25) is 5.91 Å². The number of esters is 1. The van der Waals surface area contributed by atoms with Crippen LogP contribution in [0.1, 0.15) is 28.2 Å². The lowest BCUT2D eigenvalue weighted by molar-refractivity contribution is -0.122. The Morgan fingerprint density at radius 2 is 2.04 bits per heavy atom. The first kappa shape index (κ1) is 16.3. The third-order valence-corrected chi connectivity index (χ3v) is 4.91. The maximum atomic E-state index is 12.4. The van der Waals surface area contributed by atoms with E-state index in [0.717, 1.165) is 15.8 Å². The van der Waals surface area contributed by atoms with Crippen LogP contribution in [-0.4, -0.2) is 23.6 Å². The van der Waals surface area contributed by atoms with Gasteiger partial charge in [-0.05, 0) is 24.4 Å². The SMILES string of the molecule is COC(=O)c1cn(CC(=O)NC(C)c2cccs2)c2ccccc12. The average Bonchev–Trinajstić information content (AvgIpc) is 3.23. The molecule has 0 fully saturated rings. The van der Waals surface area contributed by atoms with Crippen molar-refractivity contribution in [1.82, 2.24) is 9.88 Å². The zero-order valence-corrected chi connectivity index (χ0v) is 14.3. The van der Waals surface area contributed by atoms with E-state index in [1.165, 1.54) is 7.11 Å². The molecule has 1 N–H and O–H groups in total. The molecule has 2 aromatic heterocycles. The van der Waals surface area contributed by atoms with Crippen LogP contribution < -0.4 is 5.32 Å². The second-order valence-corrected chi connectivity index (χ2v) is 6.46. The molecule has 0 aliphatic heterocycles. The highest BCUT2D eigenvalue weighted by Gasteiger charge is 2.17. The molecular formula is C18H18N2O3S. The van der Waals surface area contributed by atoms with E-state index < -0.39 is 5.97 Å². The number of fused-ring (bicyclic) bond motifs is 1. The molecule has 24 heavy (non-hydrogen) atoms. The molecule has 1 unspecified atom stereocenters. The summed E-state index contributed by atoms with van der Waals surface area (Å²) in [6.45, 7) is 2.10. The summed E-state index contributed by atoms with van der Waals surface area (Å²) < 4.78 is 6.60. The molecule has 6 heteroatoms. The van der Waals surface area contributed by atoms with E-state index in [0.29, 0.717) is 5.56 Å². The quantitative estimate of drug-likeness (QED) is 0.723. The first-order chi connectivity index (χ1) is 11.6. The van der Waals surface area contributed by atoms with Crippen LogP contribution in [0.3, 0.4) is 0 Å². The number of thiophene rings is 1. The Balaban J connectivity index is 1.82. The molecule has 0 spiro atoms. The summed E-state index contributed by atoms with van der Waals surface area (Å²) in [5.74, 6) is -0.509. The summed E-state index contributed by atoms with van der Waals surface area (Å²) >= 11 is 1.61. The van der Waals surface area contributed by atoms with Crippen molar-refractivity contribution in [3.63, 3.8) is 0 Å². The Kier molecular flexibility index (Phi) is 4.66. The van der Waals surface area contributed by atoms with Gasteiger partial charge in [0.25, 0.3) is 0 Å². The maximum Gasteiger partial charge on any atom is 0.340 e. The number of ether oxygens (including phenoxy) is 1. The van der Waals surface area contributed by atoms with Gasteiger partial charge >= 0.3 is 5.97 Å². The lowest BCUT2D eigenvalue weighted by atomic mass is 10.2. The molecule has 0 saturated carbocycles. The van der Waals surface area contributed by atoms with E-state index in [4.69, 9.17) is 4.74 Å². The van der Waals surface area contributed by atoms with E-state index in [2.05, 4.69) is 5.32 Å². The van der Waals surface area contributed by atoms with Crippen LogP contribution in [0.5, 0.6) is 0 Å². The number of benzene rings is 1. The van der Waals surface area contributed by atoms with Crippen molar-refractivity contribution in [2.24, 2.45) is 0 Å². The number of carbonyl (C=O) groups is 2. The van der Waals surface area contributed by atoms with Gasteiger partial charge in [-0.3, -0.25) is 4.79 Å². The molecule has 1 aromatic carbocycles. The number of amides is 1. The Hall–Kier alpha value is -2.60. The first-order valence-electron chi connectivity index (χ1n) is 7.59. The fraction of sp³-hybridized carbons (Fsp3) is 0.222. The lowest BCUT2D eigenvalue weighted by Gasteiger charge is -2.13. The smallest absolute Gasteiger partial charge is 0.340 e. The normalized spacial score (nSPS) is 12.1. The molecule has 3 rings (SSSR count). The van der Waals surface area contributed by atoms with Crippen LogP contribution in [-0.2, 0) is 16.1 Å². The van der Waals surface area contributed by atoms with Crippen molar-refractivity contribution >= 4 is 34.1 Å². The Morgan fingerprint density at radius 3 is 2.75 bits per heavy atom. The zero-order valence-electron chi connectivity index (χ0n) is 13.5. The lowest BCUT2D eigenvalue weighted by Crippen LogP contribution is -2.29. The molecule has 0 saturated heterocycles. The van der Waals surface area contributed by atoms with Gasteiger partial charge in [-0.15, -0.1) is 11.3 Å². The first-order valence-corrected chi connectivity index (χ1v) is 8.47. The minimum atomic E-state index is -0.405. The number of hydrogen-bond donors (Lipinski definition) is 1. The summed E-state index contributed by atoms with van der Waals surface area (Å²) in [5.41, 5.74) is 1.30. The van der Waals surface area contributed by atoms with E-state index in [-0.39, 0.29) is 18.5 Å². The van der Waals surface area contributed by atoms with Crippen LogP contribution in [0.25, 0.3) is 10.9 Å². The van der Waals surface area contributed by atoms with E-state index in [9.17, 15) is 9.59 Å². The molecular weight excluding hydrogens is 324 g/mol. The predicted molar refractivity (Wildman–Crippen MR) is 94.2 cm³/mol. The highest BCUT2D eigenvalue weighted by atomic mass is 32.1. The summed E-state index contributed by atoms with van der Waals surface area (Å²) in [7, 11) is 1.35. The van der Waals surface area contributed by atoms with Gasteiger partial charge in [0.1, 0.15) is 6.54 Å². The number of hydrogen-bond acceptors (Lipinski definition) is 4. The van der Waals surface area contributed by atoms with Crippen molar-refractivity contribution in [2.45, 2.75) is 19.5 Å².